The first kappa shape index (κ1) is 28.6. The van der Waals surface area contributed by atoms with Gasteiger partial charge in [0.1, 0.15) is 0 Å². The molecule has 0 aromatic heterocycles. The molecule has 0 saturated heterocycles. The SMILES string of the molecule is C#CC[C@@H](O[Si](C)(C)C(C)(C)C)[C@@H]([C@@H](C=C)O[Si](C)(C)C(C)(C)C)N(CC)CC. The van der Waals surface area contributed by atoms with Crippen molar-refractivity contribution < 1.29 is 8.85 Å². The van der Waals surface area contributed by atoms with Crippen LogP contribution in [0.2, 0.25) is 36.3 Å². The molecule has 0 unspecified atom stereocenters. The smallest absolute Gasteiger partial charge is 0.192 e. The van der Waals surface area contributed by atoms with Gasteiger partial charge in [-0.05, 0) is 49.4 Å². The van der Waals surface area contributed by atoms with Crippen LogP contribution in [-0.2, 0) is 8.85 Å². The van der Waals surface area contributed by atoms with Gasteiger partial charge in [0.15, 0.2) is 16.6 Å². The molecule has 170 valence electrons. The van der Waals surface area contributed by atoms with E-state index in [0.29, 0.717) is 6.42 Å². The third-order valence-electron chi connectivity index (χ3n) is 6.99. The summed E-state index contributed by atoms with van der Waals surface area (Å²) in [6, 6.07) is 0.0572. The minimum atomic E-state index is -1.99. The Morgan fingerprint density at radius 3 is 1.66 bits per heavy atom. The fourth-order valence-corrected chi connectivity index (χ4v) is 5.58. The zero-order chi connectivity index (χ0) is 23.3. The van der Waals surface area contributed by atoms with E-state index in [9.17, 15) is 0 Å². The summed E-state index contributed by atoms with van der Waals surface area (Å²) in [4.78, 5) is 2.44. The number of hydrogen-bond acceptors (Lipinski definition) is 3. The predicted octanol–water partition coefficient (Wildman–Crippen LogP) is 6.69. The summed E-state index contributed by atoms with van der Waals surface area (Å²) >= 11 is 0. The highest BCUT2D eigenvalue weighted by molar-refractivity contribution is 6.74. The van der Waals surface area contributed by atoms with Crippen molar-refractivity contribution in [3.8, 4) is 12.3 Å². The summed E-state index contributed by atoms with van der Waals surface area (Å²) < 4.78 is 13.8. The normalized spacial score (nSPS) is 17.0. The molecule has 3 nitrogen and oxygen atoms in total. The van der Waals surface area contributed by atoms with E-state index >= 15 is 0 Å². The van der Waals surface area contributed by atoms with E-state index in [1.165, 1.54) is 0 Å². The lowest BCUT2D eigenvalue weighted by Gasteiger charge is -2.48. The number of nitrogens with zero attached hydrogens (tertiary/aromatic N) is 1. The van der Waals surface area contributed by atoms with Crippen molar-refractivity contribution in [1.29, 1.82) is 0 Å². The second-order valence-electron chi connectivity index (χ2n) is 11.1. The van der Waals surface area contributed by atoms with Gasteiger partial charge in [-0.15, -0.1) is 18.9 Å². The van der Waals surface area contributed by atoms with E-state index in [1.807, 2.05) is 6.08 Å². The molecule has 0 heterocycles. The molecule has 0 aromatic rings. The molecule has 0 aliphatic heterocycles. The third kappa shape index (κ3) is 7.67. The van der Waals surface area contributed by atoms with E-state index in [-0.39, 0.29) is 28.3 Å². The van der Waals surface area contributed by atoms with Crippen molar-refractivity contribution in [2.45, 2.75) is 116 Å². The van der Waals surface area contributed by atoms with Crippen molar-refractivity contribution in [2.75, 3.05) is 13.1 Å². The molecule has 0 fully saturated rings. The third-order valence-corrected chi connectivity index (χ3v) is 16.0. The molecule has 0 aliphatic carbocycles. The Hall–Kier alpha value is -0.386. The van der Waals surface area contributed by atoms with Crippen LogP contribution in [0.15, 0.2) is 12.7 Å². The van der Waals surface area contributed by atoms with Crippen LogP contribution in [0.1, 0.15) is 61.8 Å². The zero-order valence-corrected chi connectivity index (χ0v) is 23.5. The molecule has 0 N–H and O–H groups in total. The van der Waals surface area contributed by atoms with Crippen molar-refractivity contribution in [3.63, 3.8) is 0 Å². The van der Waals surface area contributed by atoms with Gasteiger partial charge in [0.25, 0.3) is 0 Å². The maximum atomic E-state index is 6.91. The topological polar surface area (TPSA) is 21.7 Å². The highest BCUT2D eigenvalue weighted by Crippen LogP contribution is 2.41. The fourth-order valence-electron chi connectivity index (χ4n) is 2.98. The van der Waals surface area contributed by atoms with Crippen LogP contribution in [0.3, 0.4) is 0 Å². The first-order valence-corrected chi connectivity index (χ1v) is 17.0. The maximum Gasteiger partial charge on any atom is 0.192 e. The number of rotatable bonds is 11. The minimum absolute atomic E-state index is 0.0572. The number of likely N-dealkylation sites (N-methyl/N-ethyl adjacent to an activating group) is 1. The van der Waals surface area contributed by atoms with E-state index < -0.39 is 16.6 Å². The summed E-state index contributed by atoms with van der Waals surface area (Å²) in [6.45, 7) is 33.2. The van der Waals surface area contributed by atoms with E-state index in [0.717, 1.165) is 13.1 Å². The lowest BCUT2D eigenvalue weighted by Crippen LogP contribution is -2.58. The molecule has 0 saturated carbocycles. The number of terminal acetylenes is 1. The first-order valence-electron chi connectivity index (χ1n) is 11.1. The zero-order valence-electron chi connectivity index (χ0n) is 21.5. The van der Waals surface area contributed by atoms with Gasteiger partial charge in [0, 0.05) is 6.42 Å². The number of hydrogen-bond donors (Lipinski definition) is 0. The Balaban J connectivity index is 6.21. The predicted molar refractivity (Wildman–Crippen MR) is 134 cm³/mol. The van der Waals surface area contributed by atoms with Crippen LogP contribution < -0.4 is 0 Å². The van der Waals surface area contributed by atoms with E-state index in [2.05, 4.69) is 99.0 Å². The largest absolute Gasteiger partial charge is 0.411 e. The van der Waals surface area contributed by atoms with Gasteiger partial charge in [-0.25, -0.2) is 0 Å². The van der Waals surface area contributed by atoms with Crippen molar-refractivity contribution in [2.24, 2.45) is 0 Å². The summed E-state index contributed by atoms with van der Waals surface area (Å²) in [6.07, 6.45) is 8.19. The molecular weight excluding hydrogens is 390 g/mol. The minimum Gasteiger partial charge on any atom is -0.411 e. The van der Waals surface area contributed by atoms with Gasteiger partial charge in [-0.2, -0.15) is 0 Å². The van der Waals surface area contributed by atoms with Crippen molar-refractivity contribution >= 4 is 16.6 Å². The molecule has 3 atom stereocenters. The first-order chi connectivity index (χ1) is 13.0. The van der Waals surface area contributed by atoms with Gasteiger partial charge in [0.05, 0.1) is 18.2 Å². The van der Waals surface area contributed by atoms with Gasteiger partial charge in [-0.1, -0.05) is 61.5 Å². The van der Waals surface area contributed by atoms with E-state index in [4.69, 9.17) is 15.3 Å². The quantitative estimate of drug-likeness (QED) is 0.203. The second-order valence-corrected chi connectivity index (χ2v) is 20.6. The van der Waals surface area contributed by atoms with Gasteiger partial charge in [-0.3, -0.25) is 4.90 Å². The lowest BCUT2D eigenvalue weighted by molar-refractivity contribution is 0.00635. The molecule has 0 spiro atoms. The molecular formula is C24H49NO2Si2. The molecule has 0 bridgehead atoms. The van der Waals surface area contributed by atoms with Crippen LogP contribution in [0.25, 0.3) is 0 Å². The van der Waals surface area contributed by atoms with Crippen LogP contribution in [0.5, 0.6) is 0 Å². The Kier molecular flexibility index (Phi) is 10.6. The average Bonchev–Trinajstić information content (AvgIpc) is 2.55. The summed E-state index contributed by atoms with van der Waals surface area (Å²) in [5, 5.41) is 0.252. The summed E-state index contributed by atoms with van der Waals surface area (Å²) in [5.74, 6) is 2.89. The highest BCUT2D eigenvalue weighted by atomic mass is 28.4. The monoisotopic (exact) mass is 439 g/mol. The Morgan fingerprint density at radius 1 is 0.931 bits per heavy atom. The van der Waals surface area contributed by atoms with Crippen LogP contribution in [0.4, 0.5) is 0 Å². The standard InChI is InChI=1S/C24H49NO2Si2/c1-15-19-21(27-29(13,14)24(8,9)10)22(25(17-3)18-4)20(16-2)26-28(11,12)23(5,6)7/h1,16,20-22H,2,17-19H2,3-14H3/t20-,21-,22-/m1/s1. The lowest BCUT2D eigenvalue weighted by atomic mass is 10.00. The van der Waals surface area contributed by atoms with Gasteiger partial charge >= 0.3 is 0 Å². The summed E-state index contributed by atoms with van der Waals surface area (Å²) in [7, 11) is -3.97. The molecule has 0 aromatic carbocycles. The second kappa shape index (κ2) is 10.8. The molecule has 5 heteroatoms. The van der Waals surface area contributed by atoms with Crippen molar-refractivity contribution in [3.05, 3.63) is 12.7 Å². The molecule has 29 heavy (non-hydrogen) atoms. The van der Waals surface area contributed by atoms with Crippen LogP contribution >= 0.6 is 0 Å². The Labute approximate surface area is 184 Å². The van der Waals surface area contributed by atoms with Crippen LogP contribution in [-0.4, -0.2) is 52.9 Å². The van der Waals surface area contributed by atoms with Crippen molar-refractivity contribution in [1.82, 2.24) is 4.90 Å². The molecule has 0 aliphatic rings. The summed E-state index contributed by atoms with van der Waals surface area (Å²) in [5.41, 5.74) is 0. The Bertz CT molecular complexity index is 549. The maximum absolute atomic E-state index is 6.91. The molecule has 0 rings (SSSR count). The fraction of sp³-hybridized carbons (Fsp3) is 0.833. The Morgan fingerprint density at radius 2 is 1.34 bits per heavy atom. The van der Waals surface area contributed by atoms with E-state index in [1.54, 1.807) is 0 Å². The van der Waals surface area contributed by atoms with Crippen LogP contribution in [0, 0.1) is 12.3 Å². The highest BCUT2D eigenvalue weighted by Gasteiger charge is 2.45. The molecule has 0 radical (unpaired) electrons. The van der Waals surface area contributed by atoms with Gasteiger partial charge < -0.3 is 8.85 Å². The van der Waals surface area contributed by atoms with Gasteiger partial charge in [0.2, 0.25) is 0 Å². The molecule has 0 amide bonds. The average molecular weight is 440 g/mol.